The fraction of sp³-hybridized carbons (Fsp3) is 0.700. The molecule has 2 aromatic rings. The van der Waals surface area contributed by atoms with E-state index in [4.69, 9.17) is 4.74 Å². The van der Waals surface area contributed by atoms with E-state index in [-0.39, 0.29) is 0 Å². The summed E-state index contributed by atoms with van der Waals surface area (Å²) in [5, 5.41) is 0. The first kappa shape index (κ1) is 35.4. The van der Waals surface area contributed by atoms with Gasteiger partial charge in [-0.15, -0.1) is 0 Å². The molecule has 0 aliphatic heterocycles. The molecule has 41 heavy (non-hydrogen) atoms. The van der Waals surface area contributed by atoms with Gasteiger partial charge in [0, 0.05) is 0 Å². The zero-order chi connectivity index (χ0) is 29.4. The SMILES string of the molecule is CCCCCCCCCCCCc1c(CC)cccc1Oc1cccc(CC)c1CCCCCCCCCCCC. The lowest BCUT2D eigenvalue weighted by Crippen LogP contribution is -2.02. The van der Waals surface area contributed by atoms with E-state index in [1.807, 2.05) is 0 Å². The molecule has 1 nitrogen and oxygen atoms in total. The fourth-order valence-corrected chi connectivity index (χ4v) is 6.34. The molecule has 0 N–H and O–H groups in total. The molecule has 0 fully saturated rings. The Hall–Kier alpha value is -1.76. The number of hydrogen-bond donors (Lipinski definition) is 0. The van der Waals surface area contributed by atoms with Crippen LogP contribution < -0.4 is 4.74 Å². The second kappa shape index (κ2) is 23.8. The number of ether oxygens (including phenoxy) is 1. The Kier molecular flexibility index (Phi) is 20.5. The van der Waals surface area contributed by atoms with Gasteiger partial charge in [0.15, 0.2) is 0 Å². The van der Waals surface area contributed by atoms with E-state index in [0.717, 1.165) is 37.2 Å². The van der Waals surface area contributed by atoms with Gasteiger partial charge in [-0.3, -0.25) is 0 Å². The van der Waals surface area contributed by atoms with Crippen molar-refractivity contribution >= 4 is 0 Å². The molecule has 0 radical (unpaired) electrons. The van der Waals surface area contributed by atoms with Crippen molar-refractivity contribution < 1.29 is 4.74 Å². The molecule has 0 spiro atoms. The van der Waals surface area contributed by atoms with Crippen LogP contribution in [0.5, 0.6) is 11.5 Å². The van der Waals surface area contributed by atoms with Gasteiger partial charge in [0.05, 0.1) is 0 Å². The average molecular weight is 563 g/mol. The molecular weight excluding hydrogens is 496 g/mol. The molecule has 0 aromatic heterocycles. The normalized spacial score (nSPS) is 11.3. The van der Waals surface area contributed by atoms with Crippen LogP contribution in [-0.2, 0) is 25.7 Å². The predicted molar refractivity (Wildman–Crippen MR) is 183 cm³/mol. The predicted octanol–water partition coefficient (Wildman–Crippen LogP) is 13.5. The van der Waals surface area contributed by atoms with Gasteiger partial charge < -0.3 is 4.74 Å². The quantitative estimate of drug-likeness (QED) is 0.104. The molecule has 0 amide bonds. The Morgan fingerprint density at radius 3 is 1.02 bits per heavy atom. The summed E-state index contributed by atoms with van der Waals surface area (Å²) in [6.07, 6.45) is 32.1. The van der Waals surface area contributed by atoms with E-state index in [1.54, 1.807) is 0 Å². The van der Waals surface area contributed by atoms with Gasteiger partial charge in [-0.25, -0.2) is 0 Å². The molecule has 0 atom stereocenters. The molecule has 1 heteroatoms. The van der Waals surface area contributed by atoms with Crippen molar-refractivity contribution in [3.8, 4) is 11.5 Å². The van der Waals surface area contributed by atoms with Crippen LogP contribution in [-0.4, -0.2) is 0 Å². The summed E-state index contributed by atoms with van der Waals surface area (Å²) < 4.78 is 6.81. The summed E-state index contributed by atoms with van der Waals surface area (Å²) >= 11 is 0. The minimum absolute atomic E-state index is 1.07. The minimum Gasteiger partial charge on any atom is -0.457 e. The smallest absolute Gasteiger partial charge is 0.130 e. The maximum atomic E-state index is 6.81. The van der Waals surface area contributed by atoms with Gasteiger partial charge in [-0.05, 0) is 72.9 Å². The molecule has 0 aliphatic carbocycles. The summed E-state index contributed by atoms with van der Waals surface area (Å²) in [4.78, 5) is 0. The van der Waals surface area contributed by atoms with Gasteiger partial charge >= 0.3 is 0 Å². The lowest BCUT2D eigenvalue weighted by atomic mass is 9.96. The second-order valence-electron chi connectivity index (χ2n) is 12.5. The van der Waals surface area contributed by atoms with Crippen LogP contribution >= 0.6 is 0 Å². The van der Waals surface area contributed by atoms with Gasteiger partial charge in [0.2, 0.25) is 0 Å². The third-order valence-corrected chi connectivity index (χ3v) is 9.00. The van der Waals surface area contributed by atoms with Crippen LogP contribution in [0.15, 0.2) is 36.4 Å². The Morgan fingerprint density at radius 1 is 0.390 bits per heavy atom. The number of aryl methyl sites for hydroxylation is 2. The van der Waals surface area contributed by atoms with Gasteiger partial charge in [-0.1, -0.05) is 168 Å². The zero-order valence-electron chi connectivity index (χ0n) is 27.8. The van der Waals surface area contributed by atoms with Gasteiger partial charge in [0.25, 0.3) is 0 Å². The first-order valence-electron chi connectivity index (χ1n) is 18.1. The number of benzene rings is 2. The van der Waals surface area contributed by atoms with Crippen LogP contribution in [0.2, 0.25) is 0 Å². The van der Waals surface area contributed by atoms with Crippen LogP contribution in [0, 0.1) is 0 Å². The van der Waals surface area contributed by atoms with Crippen molar-refractivity contribution in [1.82, 2.24) is 0 Å². The first-order chi connectivity index (χ1) is 20.2. The van der Waals surface area contributed by atoms with Crippen molar-refractivity contribution in [3.63, 3.8) is 0 Å². The minimum atomic E-state index is 1.07. The fourth-order valence-electron chi connectivity index (χ4n) is 6.34. The topological polar surface area (TPSA) is 9.23 Å². The number of rotatable bonds is 26. The Labute approximate surface area is 256 Å². The number of unbranched alkanes of at least 4 members (excludes halogenated alkanes) is 18. The molecule has 0 unspecified atom stereocenters. The van der Waals surface area contributed by atoms with Crippen molar-refractivity contribution in [2.75, 3.05) is 0 Å². The molecule has 232 valence electrons. The highest BCUT2D eigenvalue weighted by atomic mass is 16.5. The molecule has 0 saturated heterocycles. The maximum Gasteiger partial charge on any atom is 0.130 e. The summed E-state index contributed by atoms with van der Waals surface area (Å²) in [6, 6.07) is 13.4. The molecular formula is C40H66O. The monoisotopic (exact) mass is 563 g/mol. The van der Waals surface area contributed by atoms with Crippen molar-refractivity contribution in [2.45, 2.75) is 182 Å². The summed E-state index contributed by atoms with van der Waals surface area (Å²) in [5.74, 6) is 2.19. The zero-order valence-corrected chi connectivity index (χ0v) is 27.8. The standard InChI is InChI=1S/C40H66O/c1-5-9-11-13-15-17-19-21-23-25-31-37-35(7-3)29-27-33-39(37)41-40-34-28-30-36(8-4)38(40)32-26-24-22-20-18-16-14-12-10-6-2/h27-30,33-34H,5-26,31-32H2,1-4H3. The van der Waals surface area contributed by atoms with Crippen LogP contribution in [0.25, 0.3) is 0 Å². The Morgan fingerprint density at radius 2 is 0.707 bits per heavy atom. The van der Waals surface area contributed by atoms with Crippen molar-refractivity contribution in [3.05, 3.63) is 58.7 Å². The molecule has 0 heterocycles. The van der Waals surface area contributed by atoms with Crippen molar-refractivity contribution in [2.24, 2.45) is 0 Å². The highest BCUT2D eigenvalue weighted by Gasteiger charge is 2.14. The Balaban J connectivity index is 1.89. The molecule has 0 aliphatic rings. The van der Waals surface area contributed by atoms with Gasteiger partial charge in [0.1, 0.15) is 11.5 Å². The largest absolute Gasteiger partial charge is 0.457 e. The van der Waals surface area contributed by atoms with Crippen molar-refractivity contribution in [1.29, 1.82) is 0 Å². The van der Waals surface area contributed by atoms with E-state index in [1.165, 1.54) is 151 Å². The molecule has 0 bridgehead atoms. The first-order valence-corrected chi connectivity index (χ1v) is 18.1. The molecule has 2 rings (SSSR count). The van der Waals surface area contributed by atoms with Crippen LogP contribution in [0.1, 0.15) is 178 Å². The third kappa shape index (κ3) is 14.8. The molecule has 0 saturated carbocycles. The van der Waals surface area contributed by atoms with E-state index in [9.17, 15) is 0 Å². The molecule has 2 aromatic carbocycles. The average Bonchev–Trinajstić information content (AvgIpc) is 3.00. The van der Waals surface area contributed by atoms with E-state index in [2.05, 4.69) is 64.1 Å². The summed E-state index contributed by atoms with van der Waals surface area (Å²) in [5.41, 5.74) is 5.81. The highest BCUT2D eigenvalue weighted by molar-refractivity contribution is 5.47. The highest BCUT2D eigenvalue weighted by Crippen LogP contribution is 2.34. The van der Waals surface area contributed by atoms with Crippen LogP contribution in [0.3, 0.4) is 0 Å². The summed E-state index contributed by atoms with van der Waals surface area (Å²) in [7, 11) is 0. The van der Waals surface area contributed by atoms with E-state index >= 15 is 0 Å². The maximum absolute atomic E-state index is 6.81. The lowest BCUT2D eigenvalue weighted by Gasteiger charge is -2.19. The lowest BCUT2D eigenvalue weighted by molar-refractivity contribution is 0.463. The van der Waals surface area contributed by atoms with Gasteiger partial charge in [-0.2, -0.15) is 0 Å². The van der Waals surface area contributed by atoms with E-state index in [0.29, 0.717) is 0 Å². The summed E-state index contributed by atoms with van der Waals surface area (Å²) in [6.45, 7) is 9.17. The second-order valence-corrected chi connectivity index (χ2v) is 12.5. The van der Waals surface area contributed by atoms with Crippen LogP contribution in [0.4, 0.5) is 0 Å². The van der Waals surface area contributed by atoms with E-state index < -0.39 is 0 Å². The Bertz CT molecular complexity index is 824. The number of hydrogen-bond acceptors (Lipinski definition) is 1. The third-order valence-electron chi connectivity index (χ3n) is 9.00.